The molecule has 2 aromatic carbocycles. The molecule has 2 aromatic heterocycles. The molecule has 4 aromatic rings. The van der Waals surface area contributed by atoms with Gasteiger partial charge in [0, 0.05) is 17.1 Å². The van der Waals surface area contributed by atoms with Crippen LogP contribution in [-0.2, 0) is 11.3 Å². The van der Waals surface area contributed by atoms with E-state index in [0.29, 0.717) is 22.9 Å². The van der Waals surface area contributed by atoms with Gasteiger partial charge in [-0.15, -0.1) is 22.0 Å². The van der Waals surface area contributed by atoms with Gasteiger partial charge in [-0.05, 0) is 43.0 Å². The van der Waals surface area contributed by atoms with Crippen molar-refractivity contribution in [2.24, 2.45) is 0 Å². The first-order valence-corrected chi connectivity index (χ1v) is 12.3. The van der Waals surface area contributed by atoms with E-state index >= 15 is 0 Å². The monoisotopic (exact) mass is 453 g/mol. The standard InChI is InChI=1S/C22H23N5O2S2/c1-3-4-12-26-20(29)17-10-5-6-11-18(17)27-21(26)24-25-22(27)31-14-19(28)23-15-8-7-9-16(13-15)30-2/h5-11,13H,3-4,12,14H2,1-2H3,(H,23,28). The highest BCUT2D eigenvalue weighted by atomic mass is 32.2. The largest absolute Gasteiger partial charge is 0.325 e. The van der Waals surface area contributed by atoms with Gasteiger partial charge in [-0.25, -0.2) is 0 Å². The summed E-state index contributed by atoms with van der Waals surface area (Å²) in [5.41, 5.74) is 1.45. The Morgan fingerprint density at radius 3 is 2.77 bits per heavy atom. The minimum Gasteiger partial charge on any atom is -0.325 e. The van der Waals surface area contributed by atoms with Gasteiger partial charge in [0.15, 0.2) is 5.16 Å². The molecule has 160 valence electrons. The fourth-order valence-electron chi connectivity index (χ4n) is 3.37. The van der Waals surface area contributed by atoms with Crippen LogP contribution in [0.5, 0.6) is 0 Å². The Bertz CT molecular complexity index is 1300. The van der Waals surface area contributed by atoms with Crippen LogP contribution in [0.15, 0.2) is 63.4 Å². The summed E-state index contributed by atoms with van der Waals surface area (Å²) in [7, 11) is 0. The van der Waals surface area contributed by atoms with Crippen molar-refractivity contribution in [2.45, 2.75) is 36.4 Å². The van der Waals surface area contributed by atoms with Gasteiger partial charge in [0.25, 0.3) is 5.56 Å². The van der Waals surface area contributed by atoms with Gasteiger partial charge in [-0.3, -0.25) is 18.6 Å². The number of fused-ring (bicyclic) bond motifs is 3. The van der Waals surface area contributed by atoms with Gasteiger partial charge in [0.05, 0.1) is 16.7 Å². The lowest BCUT2D eigenvalue weighted by Crippen LogP contribution is -2.23. The van der Waals surface area contributed by atoms with Gasteiger partial charge >= 0.3 is 0 Å². The number of carbonyl (C=O) groups is 1. The molecule has 0 spiro atoms. The van der Waals surface area contributed by atoms with Crippen LogP contribution in [0.3, 0.4) is 0 Å². The van der Waals surface area contributed by atoms with Gasteiger partial charge in [0.2, 0.25) is 11.7 Å². The minimum absolute atomic E-state index is 0.0630. The number of rotatable bonds is 8. The second-order valence-electron chi connectivity index (χ2n) is 7.01. The highest BCUT2D eigenvalue weighted by Gasteiger charge is 2.17. The fourth-order valence-corrected chi connectivity index (χ4v) is 4.57. The predicted octanol–water partition coefficient (Wildman–Crippen LogP) is 4.30. The SMILES string of the molecule is CCCCn1c(=O)c2ccccc2n2c(SCC(=O)Nc3cccc(SC)c3)nnc12. The first-order valence-electron chi connectivity index (χ1n) is 10.1. The Morgan fingerprint density at radius 2 is 1.97 bits per heavy atom. The van der Waals surface area contributed by atoms with Crippen LogP contribution in [0.2, 0.25) is 0 Å². The van der Waals surface area contributed by atoms with Crippen LogP contribution < -0.4 is 10.9 Å². The molecular weight excluding hydrogens is 430 g/mol. The number of aryl methyl sites for hydroxylation is 1. The smallest absolute Gasteiger partial charge is 0.262 e. The van der Waals surface area contributed by atoms with Crippen molar-refractivity contribution in [3.05, 3.63) is 58.9 Å². The van der Waals surface area contributed by atoms with Crippen molar-refractivity contribution in [1.29, 1.82) is 0 Å². The van der Waals surface area contributed by atoms with Crippen molar-refractivity contribution in [1.82, 2.24) is 19.2 Å². The van der Waals surface area contributed by atoms with Crippen LogP contribution in [0.25, 0.3) is 16.7 Å². The zero-order valence-electron chi connectivity index (χ0n) is 17.4. The molecule has 2 heterocycles. The lowest BCUT2D eigenvalue weighted by Gasteiger charge is -2.11. The molecule has 0 saturated carbocycles. The molecule has 0 aliphatic carbocycles. The summed E-state index contributed by atoms with van der Waals surface area (Å²) >= 11 is 2.93. The summed E-state index contributed by atoms with van der Waals surface area (Å²) in [6, 6.07) is 15.2. The van der Waals surface area contributed by atoms with E-state index in [0.717, 1.165) is 28.9 Å². The average Bonchev–Trinajstić information content (AvgIpc) is 3.22. The molecule has 31 heavy (non-hydrogen) atoms. The molecule has 7 nitrogen and oxygen atoms in total. The molecule has 0 aliphatic heterocycles. The third-order valence-corrected chi connectivity index (χ3v) is 6.55. The summed E-state index contributed by atoms with van der Waals surface area (Å²) < 4.78 is 3.55. The molecule has 9 heteroatoms. The summed E-state index contributed by atoms with van der Waals surface area (Å²) in [5.74, 6) is 0.573. The Balaban J connectivity index is 1.63. The first kappa shape index (κ1) is 21.5. The van der Waals surface area contributed by atoms with Crippen molar-refractivity contribution >= 4 is 51.8 Å². The molecule has 0 aliphatic rings. The molecule has 1 N–H and O–H groups in total. The van der Waals surface area contributed by atoms with E-state index in [4.69, 9.17) is 0 Å². The predicted molar refractivity (Wildman–Crippen MR) is 127 cm³/mol. The van der Waals surface area contributed by atoms with E-state index in [1.807, 2.05) is 59.2 Å². The third-order valence-electron chi connectivity index (χ3n) is 4.90. The van der Waals surface area contributed by atoms with E-state index < -0.39 is 0 Å². The molecule has 0 unspecified atom stereocenters. The third kappa shape index (κ3) is 4.47. The second-order valence-corrected chi connectivity index (χ2v) is 8.84. The number of para-hydroxylation sites is 1. The van der Waals surface area contributed by atoms with Gasteiger partial charge < -0.3 is 5.32 Å². The number of hydrogen-bond donors (Lipinski definition) is 1. The summed E-state index contributed by atoms with van der Waals surface area (Å²) in [6.07, 6.45) is 3.84. The van der Waals surface area contributed by atoms with Crippen LogP contribution in [0.4, 0.5) is 5.69 Å². The van der Waals surface area contributed by atoms with Crippen molar-refractivity contribution in [3.8, 4) is 0 Å². The number of nitrogens with one attached hydrogen (secondary N) is 1. The maximum Gasteiger partial charge on any atom is 0.262 e. The van der Waals surface area contributed by atoms with Crippen molar-refractivity contribution in [3.63, 3.8) is 0 Å². The molecule has 0 saturated heterocycles. The summed E-state index contributed by atoms with van der Waals surface area (Å²) in [4.78, 5) is 26.6. The van der Waals surface area contributed by atoms with E-state index in [1.54, 1.807) is 16.3 Å². The maximum absolute atomic E-state index is 13.0. The van der Waals surface area contributed by atoms with Crippen LogP contribution in [0.1, 0.15) is 19.8 Å². The number of carbonyl (C=O) groups excluding carboxylic acids is 1. The van der Waals surface area contributed by atoms with E-state index in [2.05, 4.69) is 22.4 Å². The quantitative estimate of drug-likeness (QED) is 0.401. The lowest BCUT2D eigenvalue weighted by atomic mass is 10.2. The number of amides is 1. The maximum atomic E-state index is 13.0. The van der Waals surface area contributed by atoms with E-state index in [9.17, 15) is 9.59 Å². The number of aromatic nitrogens is 4. The number of hydrogen-bond acceptors (Lipinski definition) is 6. The Hall–Kier alpha value is -2.78. The molecule has 0 bridgehead atoms. The normalized spacial score (nSPS) is 11.3. The van der Waals surface area contributed by atoms with Gasteiger partial charge in [0.1, 0.15) is 0 Å². The Labute approximate surface area is 188 Å². The van der Waals surface area contributed by atoms with E-state index in [-0.39, 0.29) is 17.2 Å². The Kier molecular flexibility index (Phi) is 6.62. The van der Waals surface area contributed by atoms with Crippen LogP contribution >= 0.6 is 23.5 Å². The zero-order chi connectivity index (χ0) is 21.8. The Morgan fingerprint density at radius 1 is 1.13 bits per heavy atom. The molecule has 1 amide bonds. The highest BCUT2D eigenvalue weighted by molar-refractivity contribution is 7.99. The van der Waals surface area contributed by atoms with Crippen molar-refractivity contribution < 1.29 is 4.79 Å². The van der Waals surface area contributed by atoms with Crippen molar-refractivity contribution in [2.75, 3.05) is 17.3 Å². The number of thioether (sulfide) groups is 2. The number of nitrogens with zero attached hydrogens (tertiary/aromatic N) is 4. The van der Waals surface area contributed by atoms with E-state index in [1.165, 1.54) is 11.8 Å². The zero-order valence-corrected chi connectivity index (χ0v) is 19.0. The summed E-state index contributed by atoms with van der Waals surface area (Å²) in [5, 5.41) is 12.7. The highest BCUT2D eigenvalue weighted by Crippen LogP contribution is 2.23. The molecular formula is C22H23N5O2S2. The second kappa shape index (κ2) is 9.57. The molecule has 0 fully saturated rings. The molecule has 0 radical (unpaired) electrons. The molecule has 0 atom stereocenters. The lowest BCUT2D eigenvalue weighted by molar-refractivity contribution is -0.113. The van der Waals surface area contributed by atoms with Crippen LogP contribution in [0, 0.1) is 0 Å². The first-order chi connectivity index (χ1) is 15.1. The average molecular weight is 454 g/mol. The summed E-state index contributed by atoms with van der Waals surface area (Å²) in [6.45, 7) is 2.67. The number of unbranched alkanes of at least 4 members (excludes halogenated alkanes) is 1. The topological polar surface area (TPSA) is 81.3 Å². The fraction of sp³-hybridized carbons (Fsp3) is 0.273. The number of anilines is 1. The minimum atomic E-state index is -0.122. The van der Waals surface area contributed by atoms with Gasteiger partial charge in [-0.2, -0.15) is 0 Å². The van der Waals surface area contributed by atoms with Gasteiger partial charge in [-0.1, -0.05) is 43.3 Å². The number of benzene rings is 2. The molecule has 4 rings (SSSR count). The van der Waals surface area contributed by atoms with Crippen LogP contribution in [-0.4, -0.2) is 37.1 Å².